The molecule has 3 N–H and O–H groups in total. The summed E-state index contributed by atoms with van der Waals surface area (Å²) < 4.78 is 16.2. The highest BCUT2D eigenvalue weighted by molar-refractivity contribution is 5.63. The topological polar surface area (TPSA) is 55.5 Å². The fourth-order valence-corrected chi connectivity index (χ4v) is 0.864. The normalized spacial score (nSPS) is 9.83. The number of hydrogen-bond acceptors (Lipinski definition) is 3. The molecule has 0 spiro atoms. The standard InChI is InChI=1S/C8H10FNO2/c1-5-2-3-6(12-4-9)8(11)7(5)10/h2-3,11H,4,10H2,1H3. The summed E-state index contributed by atoms with van der Waals surface area (Å²) in [4.78, 5) is 0. The van der Waals surface area contributed by atoms with Gasteiger partial charge in [0.25, 0.3) is 0 Å². The minimum atomic E-state index is -0.976. The van der Waals surface area contributed by atoms with Gasteiger partial charge < -0.3 is 15.6 Å². The second kappa shape index (κ2) is 3.30. The van der Waals surface area contributed by atoms with Gasteiger partial charge in [-0.3, -0.25) is 0 Å². The molecule has 1 aromatic rings. The molecule has 3 nitrogen and oxygen atoms in total. The quantitative estimate of drug-likeness (QED) is 0.524. The van der Waals surface area contributed by atoms with Crippen molar-refractivity contribution in [1.82, 2.24) is 0 Å². The molecule has 12 heavy (non-hydrogen) atoms. The number of hydrogen-bond donors (Lipinski definition) is 2. The van der Waals surface area contributed by atoms with E-state index >= 15 is 0 Å². The van der Waals surface area contributed by atoms with Gasteiger partial charge in [0.2, 0.25) is 6.86 Å². The van der Waals surface area contributed by atoms with E-state index in [1.54, 1.807) is 13.0 Å². The van der Waals surface area contributed by atoms with Crippen LogP contribution in [0.25, 0.3) is 0 Å². The van der Waals surface area contributed by atoms with Crippen molar-refractivity contribution < 1.29 is 14.2 Å². The lowest BCUT2D eigenvalue weighted by Crippen LogP contribution is -1.95. The molecule has 0 aliphatic heterocycles. The molecular formula is C8H10FNO2. The summed E-state index contributed by atoms with van der Waals surface area (Å²) in [5, 5.41) is 9.29. The van der Waals surface area contributed by atoms with Gasteiger partial charge in [0.15, 0.2) is 11.5 Å². The summed E-state index contributed by atoms with van der Waals surface area (Å²) in [6.07, 6.45) is 0. The highest BCUT2D eigenvalue weighted by Gasteiger charge is 2.07. The summed E-state index contributed by atoms with van der Waals surface area (Å²) in [5.74, 6) is -0.131. The molecule has 0 saturated carbocycles. The van der Waals surface area contributed by atoms with E-state index in [0.29, 0.717) is 0 Å². The molecule has 0 saturated heterocycles. The second-order valence-electron chi connectivity index (χ2n) is 2.40. The van der Waals surface area contributed by atoms with Gasteiger partial charge in [-0.2, -0.15) is 0 Å². The number of nitrogens with two attached hydrogens (primary N) is 1. The zero-order valence-electron chi connectivity index (χ0n) is 6.67. The Labute approximate surface area is 69.6 Å². The summed E-state index contributed by atoms with van der Waals surface area (Å²) in [6, 6.07) is 3.13. The van der Waals surface area contributed by atoms with Crippen LogP contribution in [-0.2, 0) is 0 Å². The molecule has 0 unspecified atom stereocenters. The van der Waals surface area contributed by atoms with Crippen LogP contribution < -0.4 is 10.5 Å². The Morgan fingerprint density at radius 1 is 1.58 bits per heavy atom. The van der Waals surface area contributed by atoms with Gasteiger partial charge in [0, 0.05) is 0 Å². The Morgan fingerprint density at radius 2 is 2.25 bits per heavy atom. The molecule has 1 aromatic carbocycles. The van der Waals surface area contributed by atoms with Crippen molar-refractivity contribution in [2.45, 2.75) is 6.92 Å². The van der Waals surface area contributed by atoms with Crippen molar-refractivity contribution in [3.63, 3.8) is 0 Å². The molecule has 0 aliphatic carbocycles. The molecule has 0 radical (unpaired) electrons. The van der Waals surface area contributed by atoms with Crippen molar-refractivity contribution in [3.8, 4) is 11.5 Å². The van der Waals surface area contributed by atoms with Crippen LogP contribution in [0.3, 0.4) is 0 Å². The summed E-state index contributed by atoms with van der Waals surface area (Å²) in [6.45, 7) is 0.768. The van der Waals surface area contributed by atoms with E-state index in [1.165, 1.54) is 6.07 Å². The van der Waals surface area contributed by atoms with Crippen LogP contribution >= 0.6 is 0 Å². The first kappa shape index (κ1) is 8.64. The number of phenolic OH excluding ortho intramolecular Hbond substituents is 1. The van der Waals surface area contributed by atoms with Gasteiger partial charge in [-0.25, -0.2) is 4.39 Å². The van der Waals surface area contributed by atoms with E-state index < -0.39 is 6.86 Å². The monoisotopic (exact) mass is 171 g/mol. The summed E-state index contributed by atoms with van der Waals surface area (Å²) >= 11 is 0. The Kier molecular flexibility index (Phi) is 2.38. The van der Waals surface area contributed by atoms with Gasteiger partial charge in [-0.15, -0.1) is 0 Å². The number of ether oxygens (including phenoxy) is 1. The van der Waals surface area contributed by atoms with Crippen molar-refractivity contribution in [1.29, 1.82) is 0 Å². The minimum absolute atomic E-state index is 0.0700. The van der Waals surface area contributed by atoms with Crippen molar-refractivity contribution in [2.75, 3.05) is 12.6 Å². The molecule has 0 aliphatic rings. The van der Waals surface area contributed by atoms with E-state index in [4.69, 9.17) is 5.73 Å². The Morgan fingerprint density at radius 3 is 2.83 bits per heavy atom. The third kappa shape index (κ3) is 1.42. The Bertz CT molecular complexity index is 289. The Hall–Kier alpha value is -1.45. The number of benzene rings is 1. The molecule has 66 valence electrons. The minimum Gasteiger partial charge on any atom is -0.503 e. The number of phenols is 1. The molecule has 0 atom stereocenters. The maximum atomic E-state index is 11.7. The van der Waals surface area contributed by atoms with E-state index in [-0.39, 0.29) is 17.2 Å². The number of rotatable bonds is 2. The van der Waals surface area contributed by atoms with Gasteiger partial charge in [-0.1, -0.05) is 6.07 Å². The number of anilines is 1. The van der Waals surface area contributed by atoms with Crippen LogP contribution in [0.1, 0.15) is 5.56 Å². The van der Waals surface area contributed by atoms with Gasteiger partial charge in [0.1, 0.15) is 0 Å². The van der Waals surface area contributed by atoms with Crippen molar-refractivity contribution in [3.05, 3.63) is 17.7 Å². The van der Waals surface area contributed by atoms with E-state index in [2.05, 4.69) is 4.74 Å². The molecule has 4 heteroatoms. The smallest absolute Gasteiger partial charge is 0.228 e. The fraction of sp³-hybridized carbons (Fsp3) is 0.250. The van der Waals surface area contributed by atoms with Gasteiger partial charge >= 0.3 is 0 Å². The lowest BCUT2D eigenvalue weighted by molar-refractivity contribution is 0.185. The first-order valence-electron chi connectivity index (χ1n) is 3.43. The van der Waals surface area contributed by atoms with Crippen LogP contribution in [-0.4, -0.2) is 12.0 Å². The lowest BCUT2D eigenvalue weighted by atomic mass is 10.2. The van der Waals surface area contributed by atoms with Gasteiger partial charge in [-0.05, 0) is 18.6 Å². The molecule has 1 rings (SSSR count). The number of alkyl halides is 1. The third-order valence-electron chi connectivity index (χ3n) is 1.61. The first-order valence-corrected chi connectivity index (χ1v) is 3.43. The second-order valence-corrected chi connectivity index (χ2v) is 2.40. The number of halogens is 1. The van der Waals surface area contributed by atoms with Crippen LogP contribution in [0.5, 0.6) is 11.5 Å². The summed E-state index contributed by atoms with van der Waals surface area (Å²) in [5.41, 5.74) is 6.42. The fourth-order valence-electron chi connectivity index (χ4n) is 0.864. The van der Waals surface area contributed by atoms with Crippen LogP contribution in [0.15, 0.2) is 12.1 Å². The third-order valence-corrected chi connectivity index (χ3v) is 1.61. The first-order chi connectivity index (χ1) is 5.66. The highest BCUT2D eigenvalue weighted by Crippen LogP contribution is 2.34. The average Bonchev–Trinajstić information content (AvgIpc) is 2.07. The number of nitrogen functional groups attached to an aromatic ring is 1. The number of aromatic hydroxyl groups is 1. The maximum absolute atomic E-state index is 11.7. The summed E-state index contributed by atoms with van der Waals surface area (Å²) in [7, 11) is 0. The molecule has 0 amide bonds. The van der Waals surface area contributed by atoms with E-state index in [0.717, 1.165) is 5.56 Å². The number of aryl methyl sites for hydroxylation is 1. The Balaban J connectivity index is 3.08. The predicted octanol–water partition coefficient (Wildman–Crippen LogP) is 1.59. The molecular weight excluding hydrogens is 161 g/mol. The molecule has 0 bridgehead atoms. The zero-order valence-corrected chi connectivity index (χ0v) is 6.67. The average molecular weight is 171 g/mol. The molecule has 0 aromatic heterocycles. The lowest BCUT2D eigenvalue weighted by Gasteiger charge is -2.07. The largest absolute Gasteiger partial charge is 0.503 e. The van der Waals surface area contributed by atoms with Crippen molar-refractivity contribution in [2.24, 2.45) is 0 Å². The van der Waals surface area contributed by atoms with E-state index in [1.807, 2.05) is 0 Å². The van der Waals surface area contributed by atoms with Crippen molar-refractivity contribution >= 4 is 5.69 Å². The van der Waals surface area contributed by atoms with Gasteiger partial charge in [0.05, 0.1) is 5.69 Å². The highest BCUT2D eigenvalue weighted by atomic mass is 19.1. The molecule has 0 fully saturated rings. The van der Waals surface area contributed by atoms with Crippen LogP contribution in [0, 0.1) is 6.92 Å². The predicted molar refractivity (Wildman–Crippen MR) is 43.9 cm³/mol. The van der Waals surface area contributed by atoms with E-state index in [9.17, 15) is 9.50 Å². The SMILES string of the molecule is Cc1ccc(OCF)c(O)c1N. The molecule has 0 heterocycles. The van der Waals surface area contributed by atoms with Crippen LogP contribution in [0.2, 0.25) is 0 Å². The maximum Gasteiger partial charge on any atom is 0.228 e. The van der Waals surface area contributed by atoms with Crippen LogP contribution in [0.4, 0.5) is 10.1 Å². The zero-order chi connectivity index (χ0) is 9.14.